The molecule has 0 amide bonds. The molecule has 88 valence electrons. The summed E-state index contributed by atoms with van der Waals surface area (Å²) in [5.41, 5.74) is 1.07. The second-order valence-electron chi connectivity index (χ2n) is 3.36. The molecule has 0 atom stereocenters. The van der Waals surface area contributed by atoms with Crippen LogP contribution in [0.25, 0.3) is 11.1 Å². The van der Waals surface area contributed by atoms with E-state index in [-0.39, 0.29) is 10.8 Å². The lowest BCUT2D eigenvalue weighted by Gasteiger charge is -2.07. The van der Waals surface area contributed by atoms with Crippen LogP contribution in [0.2, 0.25) is 15.1 Å². The first kappa shape index (κ1) is 13.4. The van der Waals surface area contributed by atoms with Crippen molar-refractivity contribution in [2.45, 2.75) is 0 Å². The van der Waals surface area contributed by atoms with Gasteiger partial charge in [-0.05, 0) is 46.4 Å². The molecule has 17 heavy (non-hydrogen) atoms. The van der Waals surface area contributed by atoms with E-state index < -0.39 is 0 Å². The van der Waals surface area contributed by atoms with Crippen molar-refractivity contribution in [2.24, 2.45) is 0 Å². The zero-order valence-corrected chi connectivity index (χ0v) is 12.7. The maximum atomic E-state index is 13.9. The molecule has 5 heteroatoms. The van der Waals surface area contributed by atoms with Gasteiger partial charge in [-0.2, -0.15) is 0 Å². The molecule has 0 aliphatic carbocycles. The van der Waals surface area contributed by atoms with Gasteiger partial charge in [0, 0.05) is 9.13 Å². The molecule has 0 aromatic heterocycles. The van der Waals surface area contributed by atoms with E-state index in [0.717, 1.165) is 0 Å². The molecule has 0 fully saturated rings. The first-order valence-electron chi connectivity index (χ1n) is 4.59. The van der Waals surface area contributed by atoms with Gasteiger partial charge in [-0.15, -0.1) is 0 Å². The van der Waals surface area contributed by atoms with Gasteiger partial charge in [0.25, 0.3) is 0 Å². The lowest BCUT2D eigenvalue weighted by atomic mass is 10.1. The van der Waals surface area contributed by atoms with Crippen molar-refractivity contribution in [1.29, 1.82) is 0 Å². The zero-order valence-electron chi connectivity index (χ0n) is 8.28. The minimum atomic E-state index is -0.289. The lowest BCUT2D eigenvalue weighted by Crippen LogP contribution is -1.88. The molecule has 0 bridgehead atoms. The van der Waals surface area contributed by atoms with E-state index in [1.807, 2.05) is 22.6 Å². The van der Waals surface area contributed by atoms with Gasteiger partial charge in [-0.3, -0.25) is 0 Å². The lowest BCUT2D eigenvalue weighted by molar-refractivity contribution is 0.624. The van der Waals surface area contributed by atoms with E-state index in [1.165, 1.54) is 0 Å². The van der Waals surface area contributed by atoms with Crippen molar-refractivity contribution in [3.63, 3.8) is 0 Å². The van der Waals surface area contributed by atoms with Crippen LogP contribution in [0.4, 0.5) is 4.39 Å². The van der Waals surface area contributed by atoms with Gasteiger partial charge in [0.15, 0.2) is 0 Å². The predicted molar refractivity (Wildman–Crippen MR) is 79.6 cm³/mol. The van der Waals surface area contributed by atoms with Gasteiger partial charge >= 0.3 is 0 Å². The standard InChI is InChI=1S/C12H5Cl3FI/c13-8-4-6(5-9(14)11(8)15)7-2-1-3-10(17)12(7)16/h1-5H. The largest absolute Gasteiger partial charge is 0.205 e. The molecule has 0 aliphatic rings. The fraction of sp³-hybridized carbons (Fsp3) is 0. The Labute approximate surface area is 127 Å². The molecule has 0 N–H and O–H groups in total. The number of rotatable bonds is 1. The number of benzene rings is 2. The number of hydrogen-bond donors (Lipinski definition) is 0. The number of halogens is 5. The van der Waals surface area contributed by atoms with Crippen LogP contribution in [-0.2, 0) is 0 Å². The average Bonchev–Trinajstić information content (AvgIpc) is 2.29. The maximum Gasteiger partial charge on any atom is 0.144 e. The Balaban J connectivity index is 2.65. The van der Waals surface area contributed by atoms with E-state index in [4.69, 9.17) is 34.8 Å². The Bertz CT molecular complexity index is 561. The minimum Gasteiger partial charge on any atom is -0.205 e. The highest BCUT2D eigenvalue weighted by atomic mass is 127. The molecule has 0 saturated heterocycles. The van der Waals surface area contributed by atoms with Gasteiger partial charge in [-0.25, -0.2) is 4.39 Å². The topological polar surface area (TPSA) is 0 Å². The summed E-state index contributed by atoms with van der Waals surface area (Å²) in [5, 5.41) is 0.906. The summed E-state index contributed by atoms with van der Waals surface area (Å²) in [4.78, 5) is 0. The van der Waals surface area contributed by atoms with Crippen molar-refractivity contribution in [1.82, 2.24) is 0 Å². The highest BCUT2D eigenvalue weighted by Crippen LogP contribution is 2.36. The highest BCUT2D eigenvalue weighted by Gasteiger charge is 2.12. The van der Waals surface area contributed by atoms with Crippen LogP contribution < -0.4 is 0 Å². The molecule has 0 radical (unpaired) electrons. The summed E-state index contributed by atoms with van der Waals surface area (Å²) in [6, 6.07) is 8.34. The van der Waals surface area contributed by atoms with Crippen molar-refractivity contribution in [2.75, 3.05) is 0 Å². The van der Waals surface area contributed by atoms with E-state index in [9.17, 15) is 4.39 Å². The molecule has 0 heterocycles. The molecule has 2 aromatic carbocycles. The summed E-state index contributed by atoms with van der Waals surface area (Å²) in [7, 11) is 0. The molecule has 0 nitrogen and oxygen atoms in total. The van der Waals surface area contributed by atoms with Crippen LogP contribution in [0.5, 0.6) is 0 Å². The van der Waals surface area contributed by atoms with E-state index in [0.29, 0.717) is 24.7 Å². The van der Waals surface area contributed by atoms with Crippen LogP contribution in [0.15, 0.2) is 30.3 Å². The quantitative estimate of drug-likeness (QED) is 0.403. The third-order valence-electron chi connectivity index (χ3n) is 2.25. The first-order valence-corrected chi connectivity index (χ1v) is 6.81. The predicted octanol–water partition coefficient (Wildman–Crippen LogP) is 6.06. The van der Waals surface area contributed by atoms with Gasteiger partial charge in [-0.1, -0.05) is 46.9 Å². The molecular weight excluding hydrogens is 396 g/mol. The fourth-order valence-corrected chi connectivity index (χ4v) is 2.53. The SMILES string of the molecule is Fc1c(I)cccc1-c1cc(Cl)c(Cl)c(Cl)c1. The first-order chi connectivity index (χ1) is 8.00. The third-order valence-corrected chi connectivity index (χ3v) is 4.28. The minimum absolute atomic E-state index is 0.281. The summed E-state index contributed by atoms with van der Waals surface area (Å²) in [6.45, 7) is 0. The molecular formula is C12H5Cl3FI. The van der Waals surface area contributed by atoms with Crippen molar-refractivity contribution >= 4 is 57.4 Å². The van der Waals surface area contributed by atoms with E-state index >= 15 is 0 Å². The molecule has 2 rings (SSSR count). The van der Waals surface area contributed by atoms with Crippen molar-refractivity contribution < 1.29 is 4.39 Å². The number of hydrogen-bond acceptors (Lipinski definition) is 0. The van der Waals surface area contributed by atoms with Crippen LogP contribution in [0.1, 0.15) is 0 Å². The Kier molecular flexibility index (Phi) is 4.18. The molecule has 2 aromatic rings. The highest BCUT2D eigenvalue weighted by molar-refractivity contribution is 14.1. The summed E-state index contributed by atoms with van der Waals surface area (Å²) >= 11 is 19.6. The van der Waals surface area contributed by atoms with E-state index in [2.05, 4.69) is 0 Å². The molecule has 0 unspecified atom stereocenters. The van der Waals surface area contributed by atoms with Gasteiger partial charge in [0.1, 0.15) is 5.82 Å². The van der Waals surface area contributed by atoms with Gasteiger partial charge in [0.05, 0.1) is 15.1 Å². The van der Waals surface area contributed by atoms with E-state index in [1.54, 1.807) is 30.3 Å². The van der Waals surface area contributed by atoms with Crippen LogP contribution >= 0.6 is 57.4 Å². The van der Waals surface area contributed by atoms with Gasteiger partial charge in [0.2, 0.25) is 0 Å². The monoisotopic (exact) mass is 400 g/mol. The second kappa shape index (κ2) is 5.31. The second-order valence-corrected chi connectivity index (χ2v) is 5.71. The van der Waals surface area contributed by atoms with Gasteiger partial charge < -0.3 is 0 Å². The zero-order chi connectivity index (χ0) is 12.6. The Morgan fingerprint density at radius 2 is 1.59 bits per heavy atom. The normalized spacial score (nSPS) is 10.6. The van der Waals surface area contributed by atoms with Crippen LogP contribution in [0.3, 0.4) is 0 Å². The fourth-order valence-electron chi connectivity index (χ4n) is 1.44. The molecule has 0 spiro atoms. The van der Waals surface area contributed by atoms with Crippen LogP contribution in [-0.4, -0.2) is 0 Å². The third kappa shape index (κ3) is 2.70. The summed E-state index contributed by atoms with van der Waals surface area (Å²) in [5.74, 6) is -0.289. The Morgan fingerprint density at radius 1 is 1.00 bits per heavy atom. The smallest absolute Gasteiger partial charge is 0.144 e. The molecule has 0 saturated carbocycles. The van der Waals surface area contributed by atoms with Crippen LogP contribution in [0, 0.1) is 9.39 Å². The Morgan fingerprint density at radius 3 is 2.18 bits per heavy atom. The maximum absolute atomic E-state index is 13.9. The summed E-state index contributed by atoms with van der Waals surface area (Å²) in [6.07, 6.45) is 0. The van der Waals surface area contributed by atoms with Crippen molar-refractivity contribution in [3.8, 4) is 11.1 Å². The average molecular weight is 401 g/mol. The molecule has 0 aliphatic heterocycles. The Hall–Kier alpha value is -0.0300. The summed E-state index contributed by atoms with van der Waals surface area (Å²) < 4.78 is 14.5. The van der Waals surface area contributed by atoms with Crippen molar-refractivity contribution in [3.05, 3.63) is 54.8 Å².